The molecule has 2 aromatic carbocycles. The minimum absolute atomic E-state index is 0.262. The lowest BCUT2D eigenvalue weighted by Gasteiger charge is -2.31. The zero-order valence-electron chi connectivity index (χ0n) is 17.4. The van der Waals surface area contributed by atoms with Gasteiger partial charge in [-0.1, -0.05) is 18.2 Å². The van der Waals surface area contributed by atoms with Gasteiger partial charge in [0, 0.05) is 17.8 Å². The first kappa shape index (κ1) is 20.4. The lowest BCUT2D eigenvalue weighted by molar-refractivity contribution is -0.118. The number of amides is 2. The Morgan fingerprint density at radius 2 is 1.81 bits per heavy atom. The summed E-state index contributed by atoms with van der Waals surface area (Å²) >= 11 is 0. The molecule has 0 aliphatic carbocycles. The van der Waals surface area contributed by atoms with Gasteiger partial charge in [0.05, 0.1) is 32.1 Å². The fraction of sp³-hybridized carbons (Fsp3) is 0.208. The summed E-state index contributed by atoms with van der Waals surface area (Å²) in [5, 5.41) is 0. The van der Waals surface area contributed by atoms with E-state index >= 15 is 0 Å². The van der Waals surface area contributed by atoms with Crippen LogP contribution in [0.2, 0.25) is 0 Å². The van der Waals surface area contributed by atoms with Gasteiger partial charge in [-0.3, -0.25) is 14.6 Å². The molecule has 2 amide bonds. The zero-order chi connectivity index (χ0) is 22.0. The molecule has 2 atom stereocenters. The molecule has 158 valence electrons. The SMILES string of the molecule is COc1ccc(N2C(=O)c3ccccc3C(C=N[C@@H](C)c3ccco3)C2=O)cc1OC. The smallest absolute Gasteiger partial charge is 0.265 e. The molecule has 1 aromatic heterocycles. The summed E-state index contributed by atoms with van der Waals surface area (Å²) in [6.45, 7) is 1.88. The lowest BCUT2D eigenvalue weighted by atomic mass is 9.88. The second-order valence-corrected chi connectivity index (χ2v) is 7.07. The predicted octanol–water partition coefficient (Wildman–Crippen LogP) is 4.40. The molecule has 0 saturated carbocycles. The van der Waals surface area contributed by atoms with Gasteiger partial charge < -0.3 is 13.9 Å². The Labute approximate surface area is 179 Å². The van der Waals surface area contributed by atoms with E-state index in [0.29, 0.717) is 34.1 Å². The largest absolute Gasteiger partial charge is 0.493 e. The van der Waals surface area contributed by atoms with Gasteiger partial charge in [0.15, 0.2) is 11.5 Å². The van der Waals surface area contributed by atoms with E-state index in [-0.39, 0.29) is 11.9 Å². The summed E-state index contributed by atoms with van der Waals surface area (Å²) in [6, 6.07) is 15.4. The van der Waals surface area contributed by atoms with Gasteiger partial charge >= 0.3 is 0 Å². The first-order valence-corrected chi connectivity index (χ1v) is 9.81. The monoisotopic (exact) mass is 418 g/mol. The Balaban J connectivity index is 1.75. The van der Waals surface area contributed by atoms with Gasteiger partial charge in [0.25, 0.3) is 5.91 Å². The molecular formula is C24H22N2O5. The predicted molar refractivity (Wildman–Crippen MR) is 116 cm³/mol. The maximum absolute atomic E-state index is 13.5. The number of furan rings is 1. The molecule has 3 aromatic rings. The van der Waals surface area contributed by atoms with Crippen molar-refractivity contribution >= 4 is 23.7 Å². The van der Waals surface area contributed by atoms with Crippen molar-refractivity contribution in [2.45, 2.75) is 18.9 Å². The number of carbonyl (C=O) groups is 2. The average molecular weight is 418 g/mol. The maximum atomic E-state index is 13.5. The van der Waals surface area contributed by atoms with E-state index < -0.39 is 11.8 Å². The molecule has 1 aliphatic heterocycles. The number of methoxy groups -OCH3 is 2. The number of nitrogens with zero attached hydrogens (tertiary/aromatic N) is 2. The molecule has 7 heteroatoms. The third kappa shape index (κ3) is 3.70. The van der Waals surface area contributed by atoms with Crippen LogP contribution in [0, 0.1) is 0 Å². The number of imide groups is 1. The van der Waals surface area contributed by atoms with Crippen molar-refractivity contribution in [3.63, 3.8) is 0 Å². The van der Waals surface area contributed by atoms with Crippen LogP contribution in [0.5, 0.6) is 11.5 Å². The molecule has 7 nitrogen and oxygen atoms in total. The minimum Gasteiger partial charge on any atom is -0.493 e. The molecule has 4 rings (SSSR count). The highest BCUT2D eigenvalue weighted by Crippen LogP contribution is 2.36. The number of rotatable bonds is 6. The summed E-state index contributed by atoms with van der Waals surface area (Å²) in [4.78, 5) is 32.4. The van der Waals surface area contributed by atoms with Gasteiger partial charge in [-0.05, 0) is 42.8 Å². The number of hydrogen-bond acceptors (Lipinski definition) is 6. The highest BCUT2D eigenvalue weighted by molar-refractivity contribution is 6.29. The summed E-state index contributed by atoms with van der Waals surface area (Å²) in [5.41, 5.74) is 1.49. The van der Waals surface area contributed by atoms with E-state index in [1.165, 1.54) is 19.1 Å². The molecule has 31 heavy (non-hydrogen) atoms. The molecular weight excluding hydrogens is 396 g/mol. The van der Waals surface area contributed by atoms with Crippen LogP contribution in [0.25, 0.3) is 0 Å². The molecule has 0 N–H and O–H groups in total. The lowest BCUT2D eigenvalue weighted by Crippen LogP contribution is -2.45. The van der Waals surface area contributed by atoms with Gasteiger partial charge in [0.1, 0.15) is 11.8 Å². The van der Waals surface area contributed by atoms with E-state index in [1.54, 1.807) is 54.9 Å². The number of benzene rings is 2. The van der Waals surface area contributed by atoms with Gasteiger partial charge in [-0.2, -0.15) is 0 Å². The normalized spacial score (nSPS) is 17.0. The Hall–Kier alpha value is -3.87. The van der Waals surface area contributed by atoms with Crippen molar-refractivity contribution in [3.8, 4) is 11.5 Å². The van der Waals surface area contributed by atoms with Crippen molar-refractivity contribution in [2.24, 2.45) is 4.99 Å². The van der Waals surface area contributed by atoms with Crippen LogP contribution in [-0.2, 0) is 4.79 Å². The quantitative estimate of drug-likeness (QED) is 0.438. The van der Waals surface area contributed by atoms with E-state index in [9.17, 15) is 9.59 Å². The topological polar surface area (TPSA) is 81.3 Å². The van der Waals surface area contributed by atoms with Crippen LogP contribution in [0.3, 0.4) is 0 Å². The Morgan fingerprint density at radius 1 is 1.03 bits per heavy atom. The Kier molecular flexibility index (Phi) is 5.58. The molecule has 0 saturated heterocycles. The first-order valence-electron chi connectivity index (χ1n) is 9.81. The highest BCUT2D eigenvalue weighted by atomic mass is 16.5. The molecule has 0 radical (unpaired) electrons. The molecule has 1 aliphatic rings. The zero-order valence-corrected chi connectivity index (χ0v) is 17.4. The third-order valence-corrected chi connectivity index (χ3v) is 5.25. The van der Waals surface area contributed by atoms with E-state index in [1.807, 2.05) is 19.1 Å². The van der Waals surface area contributed by atoms with Crippen LogP contribution in [0.1, 0.15) is 40.6 Å². The second kappa shape index (κ2) is 8.47. The fourth-order valence-electron chi connectivity index (χ4n) is 3.63. The number of ether oxygens (including phenoxy) is 2. The molecule has 0 fully saturated rings. The van der Waals surface area contributed by atoms with Crippen LogP contribution in [0.15, 0.2) is 70.3 Å². The molecule has 2 heterocycles. The number of aliphatic imine (C=N–C) groups is 1. The van der Waals surface area contributed by atoms with Crippen molar-refractivity contribution in [1.29, 1.82) is 0 Å². The van der Waals surface area contributed by atoms with Gasteiger partial charge in [-0.25, -0.2) is 4.90 Å². The van der Waals surface area contributed by atoms with E-state index in [2.05, 4.69) is 4.99 Å². The van der Waals surface area contributed by atoms with Crippen molar-refractivity contribution < 1.29 is 23.5 Å². The van der Waals surface area contributed by atoms with Crippen LogP contribution in [-0.4, -0.2) is 32.2 Å². The number of anilines is 1. The third-order valence-electron chi connectivity index (χ3n) is 5.25. The number of carbonyl (C=O) groups excluding carboxylic acids is 2. The summed E-state index contributed by atoms with van der Waals surface area (Å²) < 4.78 is 16.0. The van der Waals surface area contributed by atoms with Gasteiger partial charge in [0.2, 0.25) is 5.91 Å². The standard InChI is InChI=1S/C24H22N2O5/c1-15(20-9-6-12-31-20)25-14-19-17-7-4-5-8-18(17)23(27)26(24(19)28)16-10-11-21(29-2)22(13-16)30-3/h4-15,19H,1-3H3/t15-,19?/m0/s1. The van der Waals surface area contributed by atoms with Crippen molar-refractivity contribution in [3.05, 3.63) is 77.7 Å². The Bertz CT molecular complexity index is 1140. The number of fused-ring (bicyclic) bond motifs is 1. The average Bonchev–Trinajstić information content (AvgIpc) is 3.34. The molecule has 1 unspecified atom stereocenters. The van der Waals surface area contributed by atoms with Crippen molar-refractivity contribution in [1.82, 2.24) is 0 Å². The van der Waals surface area contributed by atoms with Gasteiger partial charge in [-0.15, -0.1) is 0 Å². The van der Waals surface area contributed by atoms with Crippen molar-refractivity contribution in [2.75, 3.05) is 19.1 Å². The summed E-state index contributed by atoms with van der Waals surface area (Å²) in [5.74, 6) is 0.146. The number of hydrogen-bond donors (Lipinski definition) is 0. The molecule has 0 spiro atoms. The first-order chi connectivity index (χ1) is 15.0. The fourth-order valence-corrected chi connectivity index (χ4v) is 3.63. The second-order valence-electron chi connectivity index (χ2n) is 7.07. The Morgan fingerprint density at radius 3 is 2.52 bits per heavy atom. The molecule has 0 bridgehead atoms. The summed E-state index contributed by atoms with van der Waals surface area (Å²) in [6.07, 6.45) is 3.18. The van der Waals surface area contributed by atoms with E-state index in [0.717, 1.165) is 0 Å². The maximum Gasteiger partial charge on any atom is 0.265 e. The van der Waals surface area contributed by atoms with Crippen LogP contribution < -0.4 is 14.4 Å². The summed E-state index contributed by atoms with van der Waals surface area (Å²) in [7, 11) is 3.03. The highest BCUT2D eigenvalue weighted by Gasteiger charge is 2.39. The van der Waals surface area contributed by atoms with Crippen LogP contribution in [0.4, 0.5) is 5.69 Å². The van der Waals surface area contributed by atoms with E-state index in [4.69, 9.17) is 13.9 Å². The van der Waals surface area contributed by atoms with Crippen LogP contribution >= 0.6 is 0 Å². The minimum atomic E-state index is -0.709.